The SMILES string of the molecule is CN(C)CCN1C(=O)CC(CC(=O)N2CCN(C3CCCC3)CC2)(c2ccccc2F)C1=O. The maximum Gasteiger partial charge on any atom is 0.241 e. The van der Waals surface area contributed by atoms with Crippen molar-refractivity contribution in [3.8, 4) is 0 Å². The van der Waals surface area contributed by atoms with Gasteiger partial charge in [0.05, 0.1) is 5.41 Å². The molecule has 0 spiro atoms. The van der Waals surface area contributed by atoms with Gasteiger partial charge in [-0.25, -0.2) is 4.39 Å². The van der Waals surface area contributed by atoms with Gasteiger partial charge in [0.2, 0.25) is 17.7 Å². The number of rotatable bonds is 7. The molecule has 3 amide bonds. The Bertz CT molecular complexity index is 893. The number of benzene rings is 1. The number of likely N-dealkylation sites (N-methyl/N-ethyl adjacent to an activating group) is 1. The van der Waals surface area contributed by atoms with Crippen LogP contribution in [0, 0.1) is 5.82 Å². The van der Waals surface area contributed by atoms with E-state index in [2.05, 4.69) is 4.90 Å². The molecule has 4 rings (SSSR count). The van der Waals surface area contributed by atoms with Crippen LogP contribution in [0.5, 0.6) is 0 Å². The summed E-state index contributed by atoms with van der Waals surface area (Å²) in [4.78, 5) is 47.2. The van der Waals surface area contributed by atoms with Gasteiger partial charge in [0.1, 0.15) is 5.82 Å². The number of carbonyl (C=O) groups is 3. The summed E-state index contributed by atoms with van der Waals surface area (Å²) >= 11 is 0. The molecule has 0 bridgehead atoms. The summed E-state index contributed by atoms with van der Waals surface area (Å²) in [6.07, 6.45) is 4.65. The van der Waals surface area contributed by atoms with E-state index < -0.39 is 17.1 Å². The predicted molar refractivity (Wildman–Crippen MR) is 123 cm³/mol. The van der Waals surface area contributed by atoms with Gasteiger partial charge < -0.3 is 9.80 Å². The number of hydrogen-bond acceptors (Lipinski definition) is 5. The smallest absolute Gasteiger partial charge is 0.241 e. The lowest BCUT2D eigenvalue weighted by Gasteiger charge is -2.39. The fourth-order valence-corrected chi connectivity index (χ4v) is 5.60. The summed E-state index contributed by atoms with van der Waals surface area (Å²) in [5, 5.41) is 0. The zero-order valence-electron chi connectivity index (χ0n) is 19.8. The molecule has 1 saturated carbocycles. The molecule has 8 heteroatoms. The Balaban J connectivity index is 1.53. The minimum atomic E-state index is -1.48. The first kappa shape index (κ1) is 23.8. The lowest BCUT2D eigenvalue weighted by molar-refractivity contribution is -0.143. The average Bonchev–Trinajstić information content (AvgIpc) is 3.41. The van der Waals surface area contributed by atoms with E-state index in [4.69, 9.17) is 0 Å². The molecule has 1 atom stereocenters. The van der Waals surface area contributed by atoms with Gasteiger partial charge in [-0.05, 0) is 33.0 Å². The predicted octanol–water partition coefficient (Wildman–Crippen LogP) is 1.86. The number of carbonyl (C=O) groups excluding carboxylic acids is 3. The van der Waals surface area contributed by atoms with Crippen molar-refractivity contribution in [1.82, 2.24) is 19.6 Å². The van der Waals surface area contributed by atoms with Crippen molar-refractivity contribution in [2.75, 3.05) is 53.4 Å². The van der Waals surface area contributed by atoms with Crippen LogP contribution in [-0.2, 0) is 19.8 Å². The van der Waals surface area contributed by atoms with E-state index in [1.807, 2.05) is 19.0 Å². The topological polar surface area (TPSA) is 64.2 Å². The van der Waals surface area contributed by atoms with E-state index in [1.54, 1.807) is 23.1 Å². The molecule has 180 valence electrons. The van der Waals surface area contributed by atoms with E-state index in [-0.39, 0.29) is 36.8 Å². The first-order valence-corrected chi connectivity index (χ1v) is 12.1. The van der Waals surface area contributed by atoms with Gasteiger partial charge >= 0.3 is 0 Å². The van der Waals surface area contributed by atoms with Crippen molar-refractivity contribution in [1.29, 1.82) is 0 Å². The molecular formula is C25H35FN4O3. The zero-order valence-corrected chi connectivity index (χ0v) is 19.8. The highest BCUT2D eigenvalue weighted by Gasteiger charge is 2.55. The van der Waals surface area contributed by atoms with Crippen LogP contribution in [0.2, 0.25) is 0 Å². The van der Waals surface area contributed by atoms with Crippen LogP contribution >= 0.6 is 0 Å². The summed E-state index contributed by atoms with van der Waals surface area (Å²) < 4.78 is 14.9. The quantitative estimate of drug-likeness (QED) is 0.584. The second kappa shape index (κ2) is 9.89. The highest BCUT2D eigenvalue weighted by molar-refractivity contribution is 6.10. The molecule has 0 radical (unpaired) electrons. The summed E-state index contributed by atoms with van der Waals surface area (Å²) in [5.41, 5.74) is -1.33. The zero-order chi connectivity index (χ0) is 23.6. The van der Waals surface area contributed by atoms with Gasteiger partial charge in [0, 0.05) is 63.7 Å². The maximum atomic E-state index is 14.9. The van der Waals surface area contributed by atoms with Gasteiger partial charge in [-0.3, -0.25) is 24.2 Å². The first-order chi connectivity index (χ1) is 15.8. The third-order valence-corrected chi connectivity index (χ3v) is 7.53. The fourth-order valence-electron chi connectivity index (χ4n) is 5.60. The minimum absolute atomic E-state index is 0.147. The van der Waals surface area contributed by atoms with Crippen LogP contribution in [0.15, 0.2) is 24.3 Å². The lowest BCUT2D eigenvalue weighted by Crippen LogP contribution is -2.53. The number of piperazine rings is 1. The molecule has 1 unspecified atom stereocenters. The summed E-state index contributed by atoms with van der Waals surface area (Å²) in [6.45, 7) is 3.61. The summed E-state index contributed by atoms with van der Waals surface area (Å²) in [7, 11) is 3.73. The number of imide groups is 1. The number of nitrogens with zero attached hydrogens (tertiary/aromatic N) is 4. The van der Waals surface area contributed by atoms with Crippen LogP contribution in [0.3, 0.4) is 0 Å². The van der Waals surface area contributed by atoms with Crippen molar-refractivity contribution in [2.24, 2.45) is 0 Å². The van der Waals surface area contributed by atoms with Crippen molar-refractivity contribution in [3.05, 3.63) is 35.6 Å². The molecule has 2 saturated heterocycles. The van der Waals surface area contributed by atoms with Gasteiger partial charge in [-0.1, -0.05) is 31.0 Å². The Morgan fingerprint density at radius 3 is 2.39 bits per heavy atom. The first-order valence-electron chi connectivity index (χ1n) is 12.1. The lowest BCUT2D eigenvalue weighted by atomic mass is 9.75. The van der Waals surface area contributed by atoms with Gasteiger partial charge in [-0.15, -0.1) is 0 Å². The molecule has 2 heterocycles. The second-order valence-electron chi connectivity index (χ2n) is 9.92. The number of halogens is 1. The summed E-state index contributed by atoms with van der Waals surface area (Å²) in [6, 6.07) is 6.67. The van der Waals surface area contributed by atoms with Crippen LogP contribution in [0.1, 0.15) is 44.1 Å². The molecule has 33 heavy (non-hydrogen) atoms. The second-order valence-corrected chi connectivity index (χ2v) is 9.92. The van der Waals surface area contributed by atoms with E-state index in [0.29, 0.717) is 25.7 Å². The van der Waals surface area contributed by atoms with Crippen molar-refractivity contribution in [2.45, 2.75) is 50.0 Å². The highest BCUT2D eigenvalue weighted by Crippen LogP contribution is 2.41. The molecule has 3 fully saturated rings. The maximum absolute atomic E-state index is 14.9. The van der Waals surface area contributed by atoms with Gasteiger partial charge in [0.15, 0.2) is 0 Å². The number of hydrogen-bond donors (Lipinski definition) is 0. The van der Waals surface area contributed by atoms with E-state index in [1.165, 1.54) is 36.6 Å². The Hall–Kier alpha value is -2.32. The van der Waals surface area contributed by atoms with Crippen molar-refractivity contribution in [3.63, 3.8) is 0 Å². The fraction of sp³-hybridized carbons (Fsp3) is 0.640. The van der Waals surface area contributed by atoms with Crippen LogP contribution in [0.4, 0.5) is 4.39 Å². The standard InChI is InChI=1S/C25H35FN4O3/c1-27(2)11-16-30-23(32)18-25(24(30)33,20-9-5-6-10-21(20)26)17-22(31)29-14-12-28(13-15-29)19-7-3-4-8-19/h5-6,9-10,19H,3-4,7-8,11-18H2,1-2H3. The van der Waals surface area contributed by atoms with Gasteiger partial charge in [-0.2, -0.15) is 0 Å². The normalized spacial score (nSPS) is 25.0. The molecule has 1 aromatic rings. The molecule has 2 aliphatic heterocycles. The molecule has 1 aromatic carbocycles. The molecule has 0 aromatic heterocycles. The summed E-state index contributed by atoms with van der Waals surface area (Å²) in [5.74, 6) is -1.53. The van der Waals surface area contributed by atoms with Gasteiger partial charge in [0.25, 0.3) is 0 Å². The average molecular weight is 459 g/mol. The highest BCUT2D eigenvalue weighted by atomic mass is 19.1. The number of likely N-dealkylation sites (tertiary alicyclic amines) is 1. The Morgan fingerprint density at radius 2 is 1.76 bits per heavy atom. The van der Waals surface area contributed by atoms with E-state index in [9.17, 15) is 18.8 Å². The number of amides is 3. The van der Waals surface area contributed by atoms with Crippen molar-refractivity contribution >= 4 is 17.7 Å². The third kappa shape index (κ3) is 4.82. The van der Waals surface area contributed by atoms with E-state index in [0.717, 1.165) is 13.1 Å². The molecule has 0 N–H and O–H groups in total. The Kier molecular flexibility index (Phi) is 7.14. The molecule has 1 aliphatic carbocycles. The van der Waals surface area contributed by atoms with Crippen LogP contribution in [-0.4, -0.2) is 96.7 Å². The van der Waals surface area contributed by atoms with Crippen LogP contribution in [0.25, 0.3) is 0 Å². The third-order valence-electron chi connectivity index (χ3n) is 7.53. The molecular weight excluding hydrogens is 423 g/mol. The van der Waals surface area contributed by atoms with Crippen molar-refractivity contribution < 1.29 is 18.8 Å². The van der Waals surface area contributed by atoms with E-state index >= 15 is 0 Å². The Labute approximate surface area is 195 Å². The molecule has 7 nitrogen and oxygen atoms in total. The molecule has 3 aliphatic rings. The van der Waals surface area contributed by atoms with Crippen LogP contribution < -0.4 is 0 Å². The largest absolute Gasteiger partial charge is 0.340 e. The minimum Gasteiger partial charge on any atom is -0.340 e. The Morgan fingerprint density at radius 1 is 1.09 bits per heavy atom. The monoisotopic (exact) mass is 458 g/mol.